The van der Waals surface area contributed by atoms with Crippen molar-refractivity contribution < 1.29 is 23.1 Å². The summed E-state index contributed by atoms with van der Waals surface area (Å²) in [7, 11) is 0. The lowest BCUT2D eigenvalue weighted by molar-refractivity contribution is -0.153. The molecule has 110 valence electrons. The van der Waals surface area contributed by atoms with E-state index in [0.717, 1.165) is 12.5 Å². The van der Waals surface area contributed by atoms with Crippen molar-refractivity contribution in [1.82, 2.24) is 0 Å². The van der Waals surface area contributed by atoms with Crippen LogP contribution in [0.25, 0.3) is 0 Å². The number of hydrogen-bond acceptors (Lipinski definition) is 2. The second kappa shape index (κ2) is 5.27. The summed E-state index contributed by atoms with van der Waals surface area (Å²) >= 11 is 3.01. The van der Waals surface area contributed by atoms with Gasteiger partial charge in [-0.1, -0.05) is 22.4 Å². The number of halogens is 4. The fourth-order valence-electron chi connectivity index (χ4n) is 2.24. The molecule has 1 aliphatic carbocycles. The van der Waals surface area contributed by atoms with Crippen LogP contribution in [0, 0.1) is 5.41 Å². The van der Waals surface area contributed by atoms with E-state index >= 15 is 0 Å². The van der Waals surface area contributed by atoms with Gasteiger partial charge in [-0.25, -0.2) is 0 Å². The standard InChI is InChI=1S/C13H13BrF3NO2/c14-8-2-3-10(9(6-8)13(15,16)17)18-7-12(11(19)20)4-1-5-12/h2-3,6,18H,1,4-5,7H2,(H,19,20). The summed E-state index contributed by atoms with van der Waals surface area (Å²) in [6, 6.07) is 3.78. The molecule has 1 fully saturated rings. The first-order valence-corrected chi connectivity index (χ1v) is 6.88. The van der Waals surface area contributed by atoms with E-state index in [1.807, 2.05) is 0 Å². The third-order valence-electron chi connectivity index (χ3n) is 3.67. The second-order valence-electron chi connectivity index (χ2n) is 4.98. The first kappa shape index (κ1) is 15.2. The zero-order valence-corrected chi connectivity index (χ0v) is 12.0. The quantitative estimate of drug-likeness (QED) is 0.857. The Bertz CT molecular complexity index is 527. The number of benzene rings is 1. The molecule has 1 aliphatic rings. The number of rotatable bonds is 4. The molecule has 0 heterocycles. The molecule has 7 heteroatoms. The highest BCUT2D eigenvalue weighted by Crippen LogP contribution is 2.42. The SMILES string of the molecule is O=C(O)C1(CNc2ccc(Br)cc2C(F)(F)F)CCC1. The van der Waals surface area contributed by atoms with Crippen molar-refractivity contribution in [3.63, 3.8) is 0 Å². The Kier molecular flexibility index (Phi) is 4.00. The molecule has 0 aliphatic heterocycles. The lowest BCUT2D eigenvalue weighted by Gasteiger charge is -2.38. The van der Waals surface area contributed by atoms with Gasteiger partial charge < -0.3 is 10.4 Å². The molecule has 1 aromatic carbocycles. The predicted molar refractivity (Wildman–Crippen MR) is 71.6 cm³/mol. The molecule has 0 radical (unpaired) electrons. The normalized spacial score (nSPS) is 17.4. The molecule has 1 saturated carbocycles. The Labute approximate surface area is 122 Å². The summed E-state index contributed by atoms with van der Waals surface area (Å²) in [6.07, 6.45) is -2.71. The molecule has 0 atom stereocenters. The first-order valence-electron chi connectivity index (χ1n) is 6.09. The minimum Gasteiger partial charge on any atom is -0.481 e. The molecular weight excluding hydrogens is 339 g/mol. The van der Waals surface area contributed by atoms with Crippen molar-refractivity contribution in [2.24, 2.45) is 5.41 Å². The average Bonchev–Trinajstić information content (AvgIpc) is 2.27. The fourth-order valence-corrected chi connectivity index (χ4v) is 2.60. The summed E-state index contributed by atoms with van der Waals surface area (Å²) in [5, 5.41) is 11.8. The van der Waals surface area contributed by atoms with Gasteiger partial charge in [0.1, 0.15) is 0 Å². The average molecular weight is 352 g/mol. The van der Waals surface area contributed by atoms with Crippen molar-refractivity contribution in [1.29, 1.82) is 0 Å². The van der Waals surface area contributed by atoms with E-state index in [2.05, 4.69) is 21.2 Å². The van der Waals surface area contributed by atoms with Crippen molar-refractivity contribution in [3.05, 3.63) is 28.2 Å². The van der Waals surface area contributed by atoms with Crippen molar-refractivity contribution >= 4 is 27.6 Å². The van der Waals surface area contributed by atoms with Gasteiger partial charge in [0.2, 0.25) is 0 Å². The van der Waals surface area contributed by atoms with Crippen LogP contribution in [0.4, 0.5) is 18.9 Å². The molecular formula is C13H13BrF3NO2. The number of nitrogens with one attached hydrogen (secondary N) is 1. The smallest absolute Gasteiger partial charge is 0.418 e. The van der Waals surface area contributed by atoms with Crippen molar-refractivity contribution in [3.8, 4) is 0 Å². The molecule has 0 amide bonds. The zero-order valence-electron chi connectivity index (χ0n) is 10.4. The van der Waals surface area contributed by atoms with Crippen LogP contribution in [0.2, 0.25) is 0 Å². The largest absolute Gasteiger partial charge is 0.481 e. The van der Waals surface area contributed by atoms with Gasteiger partial charge in [-0.05, 0) is 31.0 Å². The Morgan fingerprint density at radius 2 is 2.05 bits per heavy atom. The number of carboxylic acid groups (broad SMARTS) is 1. The van der Waals surface area contributed by atoms with E-state index in [-0.39, 0.29) is 12.2 Å². The van der Waals surface area contributed by atoms with Gasteiger partial charge in [0.25, 0.3) is 0 Å². The zero-order chi connectivity index (χ0) is 15.0. The number of hydrogen-bond donors (Lipinski definition) is 2. The van der Waals surface area contributed by atoms with E-state index in [9.17, 15) is 18.0 Å². The minimum absolute atomic E-state index is 0.00699. The van der Waals surface area contributed by atoms with Gasteiger partial charge in [-0.3, -0.25) is 4.79 Å². The van der Waals surface area contributed by atoms with Gasteiger partial charge in [0, 0.05) is 16.7 Å². The summed E-state index contributed by atoms with van der Waals surface area (Å²) < 4.78 is 39.1. The number of aliphatic carboxylic acids is 1. The van der Waals surface area contributed by atoms with Crippen LogP contribution in [0.1, 0.15) is 24.8 Å². The van der Waals surface area contributed by atoms with E-state index in [1.165, 1.54) is 12.1 Å². The molecule has 3 nitrogen and oxygen atoms in total. The molecule has 0 bridgehead atoms. The third-order valence-corrected chi connectivity index (χ3v) is 4.16. The fraction of sp³-hybridized carbons (Fsp3) is 0.462. The summed E-state index contributed by atoms with van der Waals surface area (Å²) in [6.45, 7) is 0.00699. The number of alkyl halides is 3. The maximum Gasteiger partial charge on any atom is 0.418 e. The Morgan fingerprint density at radius 1 is 1.40 bits per heavy atom. The monoisotopic (exact) mass is 351 g/mol. The number of anilines is 1. The van der Waals surface area contributed by atoms with Crippen LogP contribution in [-0.4, -0.2) is 17.6 Å². The predicted octanol–water partition coefficient (Wildman–Crippen LogP) is 4.13. The van der Waals surface area contributed by atoms with Crippen molar-refractivity contribution in [2.45, 2.75) is 25.4 Å². The Hall–Kier alpha value is -1.24. The highest BCUT2D eigenvalue weighted by molar-refractivity contribution is 9.10. The van der Waals surface area contributed by atoms with Gasteiger partial charge in [0.05, 0.1) is 11.0 Å². The van der Waals surface area contributed by atoms with Crippen LogP contribution in [-0.2, 0) is 11.0 Å². The van der Waals surface area contributed by atoms with E-state index < -0.39 is 23.1 Å². The molecule has 1 aromatic rings. The highest BCUT2D eigenvalue weighted by Gasteiger charge is 2.44. The van der Waals surface area contributed by atoms with Gasteiger partial charge in [-0.2, -0.15) is 13.2 Å². The van der Waals surface area contributed by atoms with Crippen LogP contribution >= 0.6 is 15.9 Å². The Balaban J connectivity index is 2.20. The number of carbonyl (C=O) groups is 1. The molecule has 0 unspecified atom stereocenters. The van der Waals surface area contributed by atoms with Gasteiger partial charge >= 0.3 is 12.1 Å². The summed E-state index contributed by atoms with van der Waals surface area (Å²) in [4.78, 5) is 11.2. The molecule has 20 heavy (non-hydrogen) atoms. The molecule has 0 aromatic heterocycles. The van der Waals surface area contributed by atoms with E-state index in [0.29, 0.717) is 17.3 Å². The Morgan fingerprint density at radius 3 is 2.50 bits per heavy atom. The molecule has 2 rings (SSSR count). The van der Waals surface area contributed by atoms with E-state index in [4.69, 9.17) is 5.11 Å². The van der Waals surface area contributed by atoms with Crippen LogP contribution in [0.5, 0.6) is 0 Å². The lowest BCUT2D eigenvalue weighted by Crippen LogP contribution is -2.43. The molecule has 0 spiro atoms. The first-order chi connectivity index (χ1) is 9.24. The highest BCUT2D eigenvalue weighted by atomic mass is 79.9. The maximum atomic E-state index is 12.9. The lowest BCUT2D eigenvalue weighted by atomic mass is 9.69. The van der Waals surface area contributed by atoms with Crippen LogP contribution in [0.3, 0.4) is 0 Å². The third kappa shape index (κ3) is 2.92. The second-order valence-corrected chi connectivity index (χ2v) is 5.90. The summed E-state index contributed by atoms with van der Waals surface area (Å²) in [5.74, 6) is -0.957. The van der Waals surface area contributed by atoms with Crippen LogP contribution < -0.4 is 5.32 Å². The minimum atomic E-state index is -4.48. The molecule has 0 saturated heterocycles. The van der Waals surface area contributed by atoms with Crippen LogP contribution in [0.15, 0.2) is 22.7 Å². The topological polar surface area (TPSA) is 49.3 Å². The van der Waals surface area contributed by atoms with Crippen molar-refractivity contribution in [2.75, 3.05) is 11.9 Å². The van der Waals surface area contributed by atoms with E-state index in [1.54, 1.807) is 0 Å². The maximum absolute atomic E-state index is 12.9. The van der Waals surface area contributed by atoms with Gasteiger partial charge in [-0.15, -0.1) is 0 Å². The van der Waals surface area contributed by atoms with Gasteiger partial charge in [0.15, 0.2) is 0 Å². The number of carboxylic acids is 1. The summed E-state index contributed by atoms with van der Waals surface area (Å²) in [5.41, 5.74) is -1.82. The molecule has 2 N–H and O–H groups in total.